The van der Waals surface area contributed by atoms with E-state index < -0.39 is 0 Å². The van der Waals surface area contributed by atoms with Crippen LogP contribution in [0.2, 0.25) is 0 Å². The third kappa shape index (κ3) is 2.76. The molecule has 17 heavy (non-hydrogen) atoms. The zero-order chi connectivity index (χ0) is 12.3. The van der Waals surface area contributed by atoms with Gasteiger partial charge in [0.1, 0.15) is 0 Å². The Morgan fingerprint density at radius 3 is 1.35 bits per heavy atom. The van der Waals surface area contributed by atoms with Crippen LogP contribution in [0.1, 0.15) is 35.6 Å². The van der Waals surface area contributed by atoms with Crippen LogP contribution in [0.4, 0.5) is 0 Å². The molecule has 87 valence electrons. The number of hydrogen-bond acceptors (Lipinski definition) is 0. The molecule has 2 rings (SSSR count). The summed E-state index contributed by atoms with van der Waals surface area (Å²) in [6.07, 6.45) is 1.06. The highest BCUT2D eigenvalue weighted by Crippen LogP contribution is 2.27. The Balaban J connectivity index is 2.33. The summed E-state index contributed by atoms with van der Waals surface area (Å²) in [5, 5.41) is 0. The first-order chi connectivity index (χ1) is 8.20. The Bertz CT molecular complexity index is 417. The lowest BCUT2D eigenvalue weighted by molar-refractivity contribution is 0.988. The Morgan fingerprint density at radius 2 is 1.06 bits per heavy atom. The zero-order valence-corrected chi connectivity index (χ0v) is 10.8. The third-order valence-electron chi connectivity index (χ3n) is 3.15. The van der Waals surface area contributed by atoms with Crippen molar-refractivity contribution in [2.75, 3.05) is 0 Å². The Morgan fingerprint density at radius 1 is 0.706 bits per heavy atom. The second kappa shape index (κ2) is 5.18. The molecule has 0 saturated carbocycles. The summed E-state index contributed by atoms with van der Waals surface area (Å²) in [7, 11) is 0. The SMILES string of the molecule is CC[C](c1ccc(C)cc1)c1ccc(C)cc1. The minimum absolute atomic E-state index is 1.06. The summed E-state index contributed by atoms with van der Waals surface area (Å²) in [5.41, 5.74) is 5.30. The van der Waals surface area contributed by atoms with E-state index in [0.29, 0.717) is 0 Å². The van der Waals surface area contributed by atoms with Gasteiger partial charge in [-0.2, -0.15) is 0 Å². The average molecular weight is 223 g/mol. The average Bonchev–Trinajstić information content (AvgIpc) is 2.35. The van der Waals surface area contributed by atoms with Crippen LogP contribution in [-0.2, 0) is 0 Å². The standard InChI is InChI=1S/C17H19/c1-4-17(15-9-5-13(2)6-10-15)16-11-7-14(3)8-12-16/h5-12H,4H2,1-3H3. The molecular formula is C17H19. The van der Waals surface area contributed by atoms with Gasteiger partial charge in [0.05, 0.1) is 0 Å². The highest BCUT2D eigenvalue weighted by molar-refractivity contribution is 5.46. The fourth-order valence-electron chi connectivity index (χ4n) is 2.08. The lowest BCUT2D eigenvalue weighted by atomic mass is 9.88. The lowest BCUT2D eigenvalue weighted by Crippen LogP contribution is -2.00. The van der Waals surface area contributed by atoms with E-state index in [1.54, 1.807) is 0 Å². The first-order valence-electron chi connectivity index (χ1n) is 6.20. The Labute approximate surface area is 104 Å². The minimum atomic E-state index is 1.06. The van der Waals surface area contributed by atoms with Crippen molar-refractivity contribution in [3.8, 4) is 0 Å². The summed E-state index contributed by atoms with van der Waals surface area (Å²) in [4.78, 5) is 0. The van der Waals surface area contributed by atoms with Crippen molar-refractivity contribution in [3.63, 3.8) is 0 Å². The Hall–Kier alpha value is -1.56. The van der Waals surface area contributed by atoms with Gasteiger partial charge in [0.25, 0.3) is 0 Å². The van der Waals surface area contributed by atoms with Crippen molar-refractivity contribution in [1.82, 2.24) is 0 Å². The molecule has 0 amide bonds. The van der Waals surface area contributed by atoms with E-state index in [2.05, 4.69) is 69.3 Å². The van der Waals surface area contributed by atoms with E-state index in [0.717, 1.165) is 6.42 Å². The molecule has 1 radical (unpaired) electrons. The zero-order valence-electron chi connectivity index (χ0n) is 10.8. The molecule has 0 saturated heterocycles. The van der Waals surface area contributed by atoms with Crippen molar-refractivity contribution in [3.05, 3.63) is 76.7 Å². The number of hydrogen-bond donors (Lipinski definition) is 0. The lowest BCUT2D eigenvalue weighted by Gasteiger charge is -2.15. The highest BCUT2D eigenvalue weighted by Gasteiger charge is 2.12. The maximum absolute atomic E-state index is 2.22. The van der Waals surface area contributed by atoms with Gasteiger partial charge in [0.2, 0.25) is 0 Å². The van der Waals surface area contributed by atoms with Gasteiger partial charge in [-0.15, -0.1) is 0 Å². The van der Waals surface area contributed by atoms with Gasteiger partial charge in [0.15, 0.2) is 0 Å². The summed E-state index contributed by atoms with van der Waals surface area (Å²) < 4.78 is 0. The van der Waals surface area contributed by atoms with Crippen molar-refractivity contribution in [2.24, 2.45) is 0 Å². The summed E-state index contributed by atoms with van der Waals surface area (Å²) in [5.74, 6) is 1.42. The molecule has 0 heterocycles. The topological polar surface area (TPSA) is 0 Å². The van der Waals surface area contributed by atoms with Crippen LogP contribution in [0.15, 0.2) is 48.5 Å². The first-order valence-corrected chi connectivity index (χ1v) is 6.20. The predicted molar refractivity (Wildman–Crippen MR) is 74.1 cm³/mol. The summed E-state index contributed by atoms with van der Waals surface area (Å²) in [6.45, 7) is 6.47. The normalized spacial score (nSPS) is 10.8. The van der Waals surface area contributed by atoms with Crippen molar-refractivity contribution >= 4 is 0 Å². The maximum Gasteiger partial charge on any atom is 0.0337 e. The smallest absolute Gasteiger partial charge is 0.0337 e. The summed E-state index contributed by atoms with van der Waals surface area (Å²) >= 11 is 0. The molecule has 0 aliphatic rings. The van der Waals surface area contributed by atoms with Gasteiger partial charge >= 0.3 is 0 Å². The van der Waals surface area contributed by atoms with Gasteiger partial charge in [-0.1, -0.05) is 66.6 Å². The van der Waals surface area contributed by atoms with E-state index in [1.165, 1.54) is 28.2 Å². The highest BCUT2D eigenvalue weighted by atomic mass is 14.1. The van der Waals surface area contributed by atoms with Crippen LogP contribution in [0.5, 0.6) is 0 Å². The van der Waals surface area contributed by atoms with Gasteiger partial charge in [-0.3, -0.25) is 0 Å². The molecule has 0 atom stereocenters. The van der Waals surface area contributed by atoms with Gasteiger partial charge < -0.3 is 0 Å². The van der Waals surface area contributed by atoms with Crippen LogP contribution >= 0.6 is 0 Å². The van der Waals surface area contributed by atoms with Crippen molar-refractivity contribution in [2.45, 2.75) is 27.2 Å². The molecule has 0 aromatic heterocycles. The van der Waals surface area contributed by atoms with E-state index in [9.17, 15) is 0 Å². The fraction of sp³-hybridized carbons (Fsp3) is 0.235. The third-order valence-corrected chi connectivity index (χ3v) is 3.15. The first kappa shape index (κ1) is 11.9. The quantitative estimate of drug-likeness (QED) is 0.708. The molecule has 0 fully saturated rings. The van der Waals surface area contributed by atoms with Crippen LogP contribution in [-0.4, -0.2) is 0 Å². The second-order valence-corrected chi connectivity index (χ2v) is 4.56. The van der Waals surface area contributed by atoms with Gasteiger partial charge in [-0.05, 0) is 31.4 Å². The molecular weight excluding hydrogens is 204 g/mol. The largest absolute Gasteiger partial charge is 0.0642 e. The van der Waals surface area contributed by atoms with Crippen molar-refractivity contribution in [1.29, 1.82) is 0 Å². The number of benzene rings is 2. The summed E-state index contributed by atoms with van der Waals surface area (Å²) in [6, 6.07) is 17.6. The van der Waals surface area contributed by atoms with E-state index >= 15 is 0 Å². The van der Waals surface area contributed by atoms with Gasteiger partial charge in [-0.25, -0.2) is 0 Å². The predicted octanol–water partition coefficient (Wildman–Crippen LogP) is 4.68. The van der Waals surface area contributed by atoms with Crippen LogP contribution in [0.3, 0.4) is 0 Å². The van der Waals surface area contributed by atoms with Gasteiger partial charge in [0, 0.05) is 5.92 Å². The second-order valence-electron chi connectivity index (χ2n) is 4.56. The molecule has 0 aliphatic carbocycles. The van der Waals surface area contributed by atoms with Crippen LogP contribution < -0.4 is 0 Å². The molecule has 2 aromatic carbocycles. The molecule has 0 spiro atoms. The molecule has 0 unspecified atom stereocenters. The maximum atomic E-state index is 2.22. The number of rotatable bonds is 3. The van der Waals surface area contributed by atoms with Crippen LogP contribution in [0.25, 0.3) is 0 Å². The molecule has 0 heteroatoms. The molecule has 2 aromatic rings. The monoisotopic (exact) mass is 223 g/mol. The van der Waals surface area contributed by atoms with Crippen molar-refractivity contribution < 1.29 is 0 Å². The van der Waals surface area contributed by atoms with Crippen LogP contribution in [0, 0.1) is 19.8 Å². The fourth-order valence-corrected chi connectivity index (χ4v) is 2.08. The minimum Gasteiger partial charge on any atom is -0.0642 e. The number of aryl methyl sites for hydroxylation is 2. The molecule has 0 nitrogen and oxygen atoms in total. The van der Waals surface area contributed by atoms with E-state index in [4.69, 9.17) is 0 Å². The molecule has 0 aliphatic heterocycles. The molecule has 0 bridgehead atoms. The van der Waals surface area contributed by atoms with E-state index in [-0.39, 0.29) is 0 Å². The van der Waals surface area contributed by atoms with E-state index in [1.807, 2.05) is 0 Å². The Kier molecular flexibility index (Phi) is 3.63. The molecule has 0 N–H and O–H groups in total.